The second-order valence-corrected chi connectivity index (χ2v) is 5.13. The second-order valence-electron chi connectivity index (χ2n) is 4.69. The van der Waals surface area contributed by atoms with Gasteiger partial charge in [-0.1, -0.05) is 26.1 Å². The van der Waals surface area contributed by atoms with Crippen LogP contribution in [0.25, 0.3) is 0 Å². The first kappa shape index (κ1) is 16.9. The third-order valence-corrected chi connectivity index (χ3v) is 3.70. The van der Waals surface area contributed by atoms with Gasteiger partial charge in [0, 0.05) is 25.3 Å². The second kappa shape index (κ2) is 8.17. The summed E-state index contributed by atoms with van der Waals surface area (Å²) in [7, 11) is 1.65. The van der Waals surface area contributed by atoms with E-state index in [-0.39, 0.29) is 16.8 Å². The number of anilines is 1. The minimum atomic E-state index is -0.293. The SMILES string of the molecule is CCC(CC)N(CCOC)c1ccc(C(N)=S)cc1F. The highest BCUT2D eigenvalue weighted by molar-refractivity contribution is 7.80. The van der Waals surface area contributed by atoms with Crippen molar-refractivity contribution >= 4 is 22.9 Å². The van der Waals surface area contributed by atoms with Gasteiger partial charge in [0.25, 0.3) is 0 Å². The van der Waals surface area contributed by atoms with Crippen molar-refractivity contribution in [1.82, 2.24) is 0 Å². The number of hydrogen-bond acceptors (Lipinski definition) is 3. The van der Waals surface area contributed by atoms with Crippen LogP contribution in [0.5, 0.6) is 0 Å². The molecule has 0 aliphatic rings. The Morgan fingerprint density at radius 2 is 2.05 bits per heavy atom. The zero-order valence-corrected chi connectivity index (χ0v) is 13.2. The zero-order chi connectivity index (χ0) is 15.1. The molecule has 0 atom stereocenters. The quantitative estimate of drug-likeness (QED) is 0.749. The van der Waals surface area contributed by atoms with E-state index in [0.29, 0.717) is 24.4 Å². The van der Waals surface area contributed by atoms with Gasteiger partial charge in [-0.15, -0.1) is 0 Å². The maximum atomic E-state index is 14.3. The zero-order valence-electron chi connectivity index (χ0n) is 12.4. The van der Waals surface area contributed by atoms with Crippen molar-refractivity contribution in [3.05, 3.63) is 29.6 Å². The van der Waals surface area contributed by atoms with E-state index in [9.17, 15) is 4.39 Å². The Balaban J connectivity index is 3.09. The Labute approximate surface area is 125 Å². The molecule has 112 valence electrons. The van der Waals surface area contributed by atoms with E-state index in [1.165, 1.54) is 6.07 Å². The minimum Gasteiger partial charge on any atom is -0.389 e. The van der Waals surface area contributed by atoms with Crippen molar-refractivity contribution in [2.45, 2.75) is 32.7 Å². The van der Waals surface area contributed by atoms with Crippen LogP contribution in [0.1, 0.15) is 32.3 Å². The van der Waals surface area contributed by atoms with Gasteiger partial charge in [0.15, 0.2) is 0 Å². The van der Waals surface area contributed by atoms with Crippen LogP contribution in [-0.2, 0) is 4.74 Å². The molecule has 1 aromatic carbocycles. The number of nitrogens with zero attached hydrogens (tertiary/aromatic N) is 1. The Morgan fingerprint density at radius 3 is 2.50 bits per heavy atom. The van der Waals surface area contributed by atoms with Gasteiger partial charge in [0.2, 0.25) is 0 Å². The largest absolute Gasteiger partial charge is 0.389 e. The summed E-state index contributed by atoms with van der Waals surface area (Å²) in [4.78, 5) is 2.27. The summed E-state index contributed by atoms with van der Waals surface area (Å²) in [6.07, 6.45) is 1.91. The first-order chi connectivity index (χ1) is 9.54. The number of benzene rings is 1. The fraction of sp³-hybridized carbons (Fsp3) is 0.533. The number of nitrogens with two attached hydrogens (primary N) is 1. The maximum absolute atomic E-state index is 14.3. The highest BCUT2D eigenvalue weighted by Gasteiger charge is 2.19. The van der Waals surface area contributed by atoms with Crippen molar-refractivity contribution in [1.29, 1.82) is 0 Å². The van der Waals surface area contributed by atoms with Crippen LogP contribution in [0.3, 0.4) is 0 Å². The molecule has 0 radical (unpaired) electrons. The smallest absolute Gasteiger partial charge is 0.147 e. The third-order valence-electron chi connectivity index (χ3n) is 3.46. The van der Waals surface area contributed by atoms with Gasteiger partial charge in [-0.25, -0.2) is 4.39 Å². The third kappa shape index (κ3) is 4.15. The lowest BCUT2D eigenvalue weighted by Crippen LogP contribution is -2.37. The number of ether oxygens (including phenoxy) is 1. The molecule has 0 aromatic heterocycles. The van der Waals surface area contributed by atoms with E-state index in [4.69, 9.17) is 22.7 Å². The van der Waals surface area contributed by atoms with Gasteiger partial charge < -0.3 is 15.4 Å². The lowest BCUT2D eigenvalue weighted by molar-refractivity contribution is 0.202. The average Bonchev–Trinajstić information content (AvgIpc) is 2.43. The molecule has 0 heterocycles. The lowest BCUT2D eigenvalue weighted by atomic mass is 10.1. The van der Waals surface area contributed by atoms with E-state index in [2.05, 4.69) is 18.7 Å². The summed E-state index contributed by atoms with van der Waals surface area (Å²) in [6, 6.07) is 5.20. The summed E-state index contributed by atoms with van der Waals surface area (Å²) in [5.41, 5.74) is 6.66. The molecule has 0 spiro atoms. The van der Waals surface area contributed by atoms with Gasteiger partial charge in [0.05, 0.1) is 12.3 Å². The molecule has 1 aromatic rings. The average molecular weight is 298 g/mol. The minimum absolute atomic E-state index is 0.210. The summed E-state index contributed by atoms with van der Waals surface area (Å²) < 4.78 is 19.5. The highest BCUT2D eigenvalue weighted by Crippen LogP contribution is 2.25. The molecule has 0 unspecified atom stereocenters. The van der Waals surface area contributed by atoms with Crippen molar-refractivity contribution in [3.8, 4) is 0 Å². The van der Waals surface area contributed by atoms with E-state index in [0.717, 1.165) is 12.8 Å². The van der Waals surface area contributed by atoms with Crippen LogP contribution < -0.4 is 10.6 Å². The first-order valence-electron chi connectivity index (χ1n) is 6.90. The number of halogens is 1. The molecule has 5 heteroatoms. The van der Waals surface area contributed by atoms with Crippen LogP contribution in [0, 0.1) is 5.82 Å². The molecule has 0 amide bonds. The number of hydrogen-bond donors (Lipinski definition) is 1. The van der Waals surface area contributed by atoms with Crippen LogP contribution in [-0.4, -0.2) is 31.3 Å². The number of thiocarbonyl (C=S) groups is 1. The Kier molecular flexibility index (Phi) is 6.88. The molecule has 0 aliphatic carbocycles. The Hall–Kier alpha value is -1.20. The van der Waals surface area contributed by atoms with Crippen LogP contribution in [0.4, 0.5) is 10.1 Å². The molecule has 2 N–H and O–H groups in total. The van der Waals surface area contributed by atoms with Gasteiger partial charge in [0.1, 0.15) is 10.8 Å². The Morgan fingerprint density at radius 1 is 1.40 bits per heavy atom. The van der Waals surface area contributed by atoms with Gasteiger partial charge in [-0.05, 0) is 31.0 Å². The maximum Gasteiger partial charge on any atom is 0.147 e. The van der Waals surface area contributed by atoms with E-state index in [1.807, 2.05) is 0 Å². The molecule has 3 nitrogen and oxygen atoms in total. The molecule has 0 bridgehead atoms. The number of methoxy groups -OCH3 is 1. The number of rotatable bonds is 8. The molecule has 0 aliphatic heterocycles. The molecular weight excluding hydrogens is 275 g/mol. The summed E-state index contributed by atoms with van der Waals surface area (Å²) in [5, 5.41) is 0. The summed E-state index contributed by atoms with van der Waals surface area (Å²) in [6.45, 7) is 5.43. The molecular formula is C15H23FN2OS. The van der Waals surface area contributed by atoms with Crippen LogP contribution >= 0.6 is 12.2 Å². The predicted octanol–water partition coefficient (Wildman–Crippen LogP) is 3.10. The van der Waals surface area contributed by atoms with Crippen molar-refractivity contribution in [3.63, 3.8) is 0 Å². The molecule has 0 saturated heterocycles. The van der Waals surface area contributed by atoms with Crippen LogP contribution in [0.15, 0.2) is 18.2 Å². The standard InChI is InChI=1S/C15H23FN2OS/c1-4-12(5-2)18(8-9-19-3)14-7-6-11(15(17)20)10-13(14)16/h6-7,10,12H,4-5,8-9H2,1-3H3,(H2,17,20). The summed E-state index contributed by atoms with van der Waals surface area (Å²) >= 11 is 4.88. The van der Waals surface area contributed by atoms with Crippen LogP contribution in [0.2, 0.25) is 0 Å². The molecule has 1 rings (SSSR count). The molecule has 0 fully saturated rings. The van der Waals surface area contributed by atoms with E-state index in [1.54, 1.807) is 19.2 Å². The van der Waals surface area contributed by atoms with Gasteiger partial charge >= 0.3 is 0 Å². The van der Waals surface area contributed by atoms with Crippen molar-refractivity contribution in [2.75, 3.05) is 25.2 Å². The van der Waals surface area contributed by atoms with Gasteiger partial charge in [-0.2, -0.15) is 0 Å². The normalized spacial score (nSPS) is 10.8. The Bertz CT molecular complexity index is 449. The monoisotopic (exact) mass is 298 g/mol. The molecule has 0 saturated carbocycles. The topological polar surface area (TPSA) is 38.5 Å². The predicted molar refractivity (Wildman–Crippen MR) is 85.9 cm³/mol. The van der Waals surface area contributed by atoms with E-state index < -0.39 is 0 Å². The van der Waals surface area contributed by atoms with Gasteiger partial charge in [-0.3, -0.25) is 0 Å². The highest BCUT2D eigenvalue weighted by atomic mass is 32.1. The van der Waals surface area contributed by atoms with Crippen molar-refractivity contribution < 1.29 is 9.13 Å². The fourth-order valence-corrected chi connectivity index (χ4v) is 2.44. The van der Waals surface area contributed by atoms with E-state index >= 15 is 0 Å². The summed E-state index contributed by atoms with van der Waals surface area (Å²) in [5.74, 6) is -0.293. The first-order valence-corrected chi connectivity index (χ1v) is 7.30. The molecule has 20 heavy (non-hydrogen) atoms. The lowest BCUT2D eigenvalue weighted by Gasteiger charge is -2.33. The van der Waals surface area contributed by atoms with Crippen molar-refractivity contribution in [2.24, 2.45) is 5.73 Å². The fourth-order valence-electron chi connectivity index (χ4n) is 2.31.